The van der Waals surface area contributed by atoms with E-state index in [1.165, 1.54) is 17.7 Å². The van der Waals surface area contributed by atoms with Gasteiger partial charge < -0.3 is 10.6 Å². The number of rotatable bonds is 7. The molecular formula is C22H22FN3O. The summed E-state index contributed by atoms with van der Waals surface area (Å²) in [5.74, 6) is -0.484. The Morgan fingerprint density at radius 2 is 1.78 bits per heavy atom. The standard InChI is InChI=1S/C22H22FN3O/c1-16(18-5-3-2-4-6-18)26-20-11-12-21(25-15-20)22(27)24-14-13-17-7-9-19(23)10-8-17/h2-12,15-16,26H,13-14H2,1H3,(H,24,27). The smallest absolute Gasteiger partial charge is 0.269 e. The molecule has 138 valence electrons. The number of pyridine rings is 1. The van der Waals surface area contributed by atoms with Gasteiger partial charge in [-0.15, -0.1) is 0 Å². The summed E-state index contributed by atoms with van der Waals surface area (Å²) < 4.78 is 12.9. The number of nitrogens with one attached hydrogen (secondary N) is 2. The monoisotopic (exact) mass is 363 g/mol. The maximum absolute atomic E-state index is 12.9. The Bertz CT molecular complexity index is 864. The molecule has 0 aliphatic carbocycles. The third-order valence-corrected chi connectivity index (χ3v) is 4.29. The molecule has 0 fully saturated rings. The predicted molar refractivity (Wildman–Crippen MR) is 105 cm³/mol. The number of hydrogen-bond donors (Lipinski definition) is 2. The first kappa shape index (κ1) is 18.6. The Kier molecular flexibility index (Phi) is 6.15. The number of halogens is 1. The molecule has 0 radical (unpaired) electrons. The zero-order valence-corrected chi connectivity index (χ0v) is 15.2. The minimum atomic E-state index is -0.262. The Hall–Kier alpha value is -3.21. The van der Waals surface area contributed by atoms with Crippen LogP contribution in [0.2, 0.25) is 0 Å². The van der Waals surface area contributed by atoms with E-state index in [9.17, 15) is 9.18 Å². The number of benzene rings is 2. The second-order valence-electron chi connectivity index (χ2n) is 6.34. The molecule has 0 saturated carbocycles. The maximum Gasteiger partial charge on any atom is 0.269 e. The fourth-order valence-electron chi connectivity index (χ4n) is 2.75. The van der Waals surface area contributed by atoms with Gasteiger partial charge >= 0.3 is 0 Å². The van der Waals surface area contributed by atoms with Crippen LogP contribution in [-0.2, 0) is 6.42 Å². The maximum atomic E-state index is 12.9. The van der Waals surface area contributed by atoms with E-state index in [2.05, 4.69) is 34.7 Å². The molecule has 4 nitrogen and oxygen atoms in total. The average Bonchev–Trinajstić information content (AvgIpc) is 2.70. The van der Waals surface area contributed by atoms with Crippen LogP contribution in [0.1, 0.15) is 34.6 Å². The van der Waals surface area contributed by atoms with E-state index in [4.69, 9.17) is 0 Å². The van der Waals surface area contributed by atoms with Gasteiger partial charge in [0, 0.05) is 12.6 Å². The second kappa shape index (κ2) is 8.94. The van der Waals surface area contributed by atoms with Gasteiger partial charge in [0.15, 0.2) is 0 Å². The molecule has 1 atom stereocenters. The van der Waals surface area contributed by atoms with E-state index >= 15 is 0 Å². The molecule has 3 rings (SSSR count). The van der Waals surface area contributed by atoms with Crippen LogP contribution in [0.15, 0.2) is 72.9 Å². The molecule has 3 aromatic rings. The highest BCUT2D eigenvalue weighted by Crippen LogP contribution is 2.18. The van der Waals surface area contributed by atoms with Crippen LogP contribution in [0.5, 0.6) is 0 Å². The summed E-state index contributed by atoms with van der Waals surface area (Å²) in [6.07, 6.45) is 2.30. The molecule has 1 aromatic heterocycles. The zero-order valence-electron chi connectivity index (χ0n) is 15.2. The van der Waals surface area contributed by atoms with Crippen molar-refractivity contribution in [2.75, 3.05) is 11.9 Å². The number of carbonyl (C=O) groups is 1. The Balaban J connectivity index is 1.50. The second-order valence-corrected chi connectivity index (χ2v) is 6.34. The number of hydrogen-bond acceptors (Lipinski definition) is 3. The van der Waals surface area contributed by atoms with Crippen LogP contribution in [-0.4, -0.2) is 17.4 Å². The van der Waals surface area contributed by atoms with Crippen molar-refractivity contribution in [2.24, 2.45) is 0 Å². The van der Waals surface area contributed by atoms with E-state index in [0.717, 1.165) is 11.3 Å². The summed E-state index contributed by atoms with van der Waals surface area (Å²) in [5, 5.41) is 6.20. The normalized spacial score (nSPS) is 11.6. The van der Waals surface area contributed by atoms with Crippen molar-refractivity contribution < 1.29 is 9.18 Å². The molecule has 1 unspecified atom stereocenters. The first-order chi connectivity index (χ1) is 13.1. The minimum absolute atomic E-state index is 0.142. The van der Waals surface area contributed by atoms with E-state index in [1.807, 2.05) is 24.3 Å². The van der Waals surface area contributed by atoms with Crippen molar-refractivity contribution in [3.63, 3.8) is 0 Å². The van der Waals surface area contributed by atoms with Crippen molar-refractivity contribution in [1.82, 2.24) is 10.3 Å². The number of amides is 1. The summed E-state index contributed by atoms with van der Waals surface area (Å²) in [4.78, 5) is 16.4. The predicted octanol–water partition coefficient (Wildman–Crippen LogP) is 4.37. The Morgan fingerprint density at radius 1 is 1.04 bits per heavy atom. The van der Waals surface area contributed by atoms with Gasteiger partial charge in [0.2, 0.25) is 0 Å². The van der Waals surface area contributed by atoms with Crippen molar-refractivity contribution in [3.8, 4) is 0 Å². The van der Waals surface area contributed by atoms with E-state index in [1.54, 1.807) is 24.4 Å². The quantitative estimate of drug-likeness (QED) is 0.655. The van der Waals surface area contributed by atoms with Gasteiger partial charge in [-0.05, 0) is 48.7 Å². The largest absolute Gasteiger partial charge is 0.377 e. The molecule has 0 aliphatic heterocycles. The molecule has 5 heteroatoms. The third-order valence-electron chi connectivity index (χ3n) is 4.29. The summed E-state index contributed by atoms with van der Waals surface area (Å²) in [6.45, 7) is 2.54. The average molecular weight is 363 g/mol. The van der Waals surface area contributed by atoms with Crippen molar-refractivity contribution in [3.05, 3.63) is 95.6 Å². The molecule has 0 bridgehead atoms. The van der Waals surface area contributed by atoms with Crippen LogP contribution < -0.4 is 10.6 Å². The van der Waals surface area contributed by atoms with E-state index < -0.39 is 0 Å². The first-order valence-corrected chi connectivity index (χ1v) is 8.92. The molecule has 1 heterocycles. The Labute approximate surface area is 158 Å². The van der Waals surface area contributed by atoms with Gasteiger partial charge in [0.25, 0.3) is 5.91 Å². The SMILES string of the molecule is CC(Nc1ccc(C(=O)NCCc2ccc(F)cc2)nc1)c1ccccc1. The van der Waals surface area contributed by atoms with Gasteiger partial charge in [-0.25, -0.2) is 9.37 Å². The van der Waals surface area contributed by atoms with Crippen molar-refractivity contribution >= 4 is 11.6 Å². The van der Waals surface area contributed by atoms with Crippen molar-refractivity contribution in [2.45, 2.75) is 19.4 Å². The van der Waals surface area contributed by atoms with Crippen LogP contribution in [0, 0.1) is 5.82 Å². The number of anilines is 1. The van der Waals surface area contributed by atoms with Gasteiger partial charge in [-0.2, -0.15) is 0 Å². The van der Waals surface area contributed by atoms with Crippen LogP contribution in [0.4, 0.5) is 10.1 Å². The lowest BCUT2D eigenvalue weighted by molar-refractivity contribution is 0.0949. The van der Waals surface area contributed by atoms with E-state index in [-0.39, 0.29) is 17.8 Å². The fourth-order valence-corrected chi connectivity index (χ4v) is 2.75. The first-order valence-electron chi connectivity index (χ1n) is 8.92. The lowest BCUT2D eigenvalue weighted by Crippen LogP contribution is -2.26. The summed E-state index contributed by atoms with van der Waals surface area (Å²) in [6, 6.07) is 20.1. The zero-order chi connectivity index (χ0) is 19.1. The molecule has 2 aromatic carbocycles. The molecular weight excluding hydrogens is 341 g/mol. The van der Waals surface area contributed by atoms with Crippen LogP contribution in [0.3, 0.4) is 0 Å². The molecule has 1 amide bonds. The number of carbonyl (C=O) groups excluding carboxylic acids is 1. The van der Waals surface area contributed by atoms with Gasteiger partial charge in [-0.1, -0.05) is 42.5 Å². The Morgan fingerprint density at radius 3 is 2.44 bits per heavy atom. The van der Waals surface area contributed by atoms with Gasteiger partial charge in [-0.3, -0.25) is 4.79 Å². The van der Waals surface area contributed by atoms with Gasteiger partial charge in [0.1, 0.15) is 11.5 Å². The summed E-state index contributed by atoms with van der Waals surface area (Å²) >= 11 is 0. The topological polar surface area (TPSA) is 54.0 Å². The number of aromatic nitrogens is 1. The van der Waals surface area contributed by atoms with Gasteiger partial charge in [0.05, 0.1) is 11.9 Å². The summed E-state index contributed by atoms with van der Waals surface area (Å²) in [5.41, 5.74) is 3.38. The van der Waals surface area contributed by atoms with Crippen LogP contribution in [0.25, 0.3) is 0 Å². The van der Waals surface area contributed by atoms with E-state index in [0.29, 0.717) is 18.7 Å². The lowest BCUT2D eigenvalue weighted by Gasteiger charge is -2.15. The molecule has 2 N–H and O–H groups in total. The highest BCUT2D eigenvalue weighted by molar-refractivity contribution is 5.92. The highest BCUT2D eigenvalue weighted by atomic mass is 19.1. The minimum Gasteiger partial charge on any atom is -0.377 e. The molecule has 27 heavy (non-hydrogen) atoms. The molecule has 0 aliphatic rings. The van der Waals surface area contributed by atoms with Crippen LogP contribution >= 0.6 is 0 Å². The summed E-state index contributed by atoms with van der Waals surface area (Å²) in [7, 11) is 0. The molecule has 0 saturated heterocycles. The number of nitrogens with zero attached hydrogens (tertiary/aromatic N) is 1. The van der Waals surface area contributed by atoms with Crippen molar-refractivity contribution in [1.29, 1.82) is 0 Å². The highest BCUT2D eigenvalue weighted by Gasteiger charge is 2.08. The third kappa shape index (κ3) is 5.38. The fraction of sp³-hybridized carbons (Fsp3) is 0.182. The molecule has 0 spiro atoms. The lowest BCUT2D eigenvalue weighted by atomic mass is 10.1.